The number of aliphatic hydroxyl groups is 1. The number of ether oxygens (including phenoxy) is 2. The van der Waals surface area contributed by atoms with Crippen molar-refractivity contribution in [2.24, 2.45) is 0 Å². The minimum atomic E-state index is -0.779. The summed E-state index contributed by atoms with van der Waals surface area (Å²) in [6.07, 6.45) is 73.4. The van der Waals surface area contributed by atoms with Crippen molar-refractivity contribution in [1.82, 2.24) is 0 Å². The van der Waals surface area contributed by atoms with Crippen LogP contribution in [-0.4, -0.2) is 36.4 Å². The van der Waals surface area contributed by atoms with Gasteiger partial charge in [0.05, 0.1) is 6.61 Å². The lowest BCUT2D eigenvalue weighted by molar-refractivity contribution is -0.161. The summed E-state index contributed by atoms with van der Waals surface area (Å²) in [5, 5.41) is 9.65. The van der Waals surface area contributed by atoms with Crippen LogP contribution in [0.2, 0.25) is 0 Å². The molecule has 5 heteroatoms. The Kier molecular flexibility index (Phi) is 52.9. The minimum absolute atomic E-state index is 0.0692. The second-order valence-corrected chi connectivity index (χ2v) is 18.6. The molecule has 0 amide bonds. The van der Waals surface area contributed by atoms with E-state index in [2.05, 4.69) is 74.6 Å². The fourth-order valence-corrected chi connectivity index (χ4v) is 8.17. The summed E-state index contributed by atoms with van der Waals surface area (Å²) in [6.45, 7) is 4.05. The lowest BCUT2D eigenvalue weighted by Gasteiger charge is -2.15. The molecular weight excluding hydrogens is 789 g/mol. The number of allylic oxidation sites excluding steroid dienone is 10. The summed E-state index contributed by atoms with van der Waals surface area (Å²) in [5.74, 6) is -0.593. The first-order valence-corrected chi connectivity index (χ1v) is 27.8. The Morgan fingerprint density at radius 2 is 0.672 bits per heavy atom. The van der Waals surface area contributed by atoms with Gasteiger partial charge in [0.2, 0.25) is 0 Å². The molecule has 0 aromatic heterocycles. The van der Waals surface area contributed by atoms with E-state index in [1.807, 2.05) is 0 Å². The first-order chi connectivity index (χ1) is 31.6. The topological polar surface area (TPSA) is 72.8 Å². The summed E-state index contributed by atoms with van der Waals surface area (Å²) < 4.78 is 10.7. The second kappa shape index (κ2) is 54.9. The molecule has 0 aliphatic carbocycles. The molecule has 0 radical (unpaired) electrons. The molecule has 0 saturated heterocycles. The van der Waals surface area contributed by atoms with Crippen LogP contribution in [0.3, 0.4) is 0 Å². The maximum Gasteiger partial charge on any atom is 0.306 e. The zero-order chi connectivity index (χ0) is 46.3. The van der Waals surface area contributed by atoms with Crippen LogP contribution in [0.1, 0.15) is 284 Å². The average Bonchev–Trinajstić information content (AvgIpc) is 3.30. The Balaban J connectivity index is 3.48. The highest BCUT2D eigenvalue weighted by molar-refractivity contribution is 5.70. The third-order valence-corrected chi connectivity index (χ3v) is 12.3. The Morgan fingerprint density at radius 3 is 1.02 bits per heavy atom. The molecule has 1 atom stereocenters. The van der Waals surface area contributed by atoms with E-state index in [9.17, 15) is 14.7 Å². The first-order valence-electron chi connectivity index (χ1n) is 27.8. The number of hydrogen-bond acceptors (Lipinski definition) is 5. The van der Waals surface area contributed by atoms with Crippen molar-refractivity contribution in [1.29, 1.82) is 0 Å². The smallest absolute Gasteiger partial charge is 0.306 e. The highest BCUT2D eigenvalue weighted by atomic mass is 16.6. The van der Waals surface area contributed by atoms with Gasteiger partial charge in [-0.2, -0.15) is 0 Å². The molecule has 0 bridgehead atoms. The maximum atomic E-state index is 12.3. The lowest BCUT2D eigenvalue weighted by Crippen LogP contribution is -2.28. The molecule has 0 aliphatic rings. The van der Waals surface area contributed by atoms with Gasteiger partial charge in [0, 0.05) is 12.8 Å². The van der Waals surface area contributed by atoms with E-state index in [-0.39, 0.29) is 25.2 Å². The van der Waals surface area contributed by atoms with Crippen molar-refractivity contribution in [3.05, 3.63) is 60.8 Å². The monoisotopic (exact) mass is 895 g/mol. The fraction of sp³-hybridized carbons (Fsp3) is 0.797. The van der Waals surface area contributed by atoms with Gasteiger partial charge in [0.1, 0.15) is 6.61 Å². The van der Waals surface area contributed by atoms with Crippen molar-refractivity contribution >= 4 is 11.9 Å². The minimum Gasteiger partial charge on any atom is -0.462 e. The van der Waals surface area contributed by atoms with E-state index in [0.29, 0.717) is 12.8 Å². The van der Waals surface area contributed by atoms with Crippen LogP contribution in [0, 0.1) is 0 Å². The third kappa shape index (κ3) is 52.2. The highest BCUT2D eigenvalue weighted by Crippen LogP contribution is 2.17. The number of carbonyl (C=O) groups excluding carboxylic acids is 2. The van der Waals surface area contributed by atoms with Crippen molar-refractivity contribution in [3.8, 4) is 0 Å². The molecule has 0 aromatic rings. The largest absolute Gasteiger partial charge is 0.462 e. The summed E-state index contributed by atoms with van der Waals surface area (Å²) in [4.78, 5) is 24.5. The highest BCUT2D eigenvalue weighted by Gasteiger charge is 2.16. The number of aliphatic hydroxyl groups excluding tert-OH is 1. The van der Waals surface area contributed by atoms with Crippen molar-refractivity contribution in [2.45, 2.75) is 290 Å². The lowest BCUT2D eigenvalue weighted by atomic mass is 10.0. The summed E-state index contributed by atoms with van der Waals surface area (Å²) in [6, 6.07) is 0. The fourth-order valence-electron chi connectivity index (χ4n) is 8.17. The molecule has 5 nitrogen and oxygen atoms in total. The van der Waals surface area contributed by atoms with Crippen LogP contribution in [0.25, 0.3) is 0 Å². The van der Waals surface area contributed by atoms with E-state index >= 15 is 0 Å². The molecule has 372 valence electrons. The molecular formula is C59H106O5. The zero-order valence-corrected chi connectivity index (χ0v) is 42.5. The zero-order valence-electron chi connectivity index (χ0n) is 42.5. The van der Waals surface area contributed by atoms with Crippen LogP contribution >= 0.6 is 0 Å². The predicted octanol–water partition coefficient (Wildman–Crippen LogP) is 18.6. The number of carbonyl (C=O) groups is 2. The normalized spacial score (nSPS) is 12.6. The molecule has 0 rings (SSSR count). The van der Waals surface area contributed by atoms with Crippen LogP contribution in [0.15, 0.2) is 60.8 Å². The summed E-state index contributed by atoms with van der Waals surface area (Å²) in [5.41, 5.74) is 0. The molecule has 0 saturated carbocycles. The van der Waals surface area contributed by atoms with E-state index in [1.165, 1.54) is 180 Å². The van der Waals surface area contributed by atoms with Gasteiger partial charge in [-0.1, -0.05) is 274 Å². The van der Waals surface area contributed by atoms with Gasteiger partial charge in [-0.05, 0) is 57.8 Å². The molecule has 0 aliphatic heterocycles. The molecule has 0 spiro atoms. The average molecular weight is 895 g/mol. The second-order valence-electron chi connectivity index (χ2n) is 18.6. The third-order valence-electron chi connectivity index (χ3n) is 12.3. The van der Waals surface area contributed by atoms with E-state index < -0.39 is 6.10 Å². The Morgan fingerprint density at radius 1 is 0.375 bits per heavy atom. The van der Waals surface area contributed by atoms with Crippen LogP contribution in [-0.2, 0) is 19.1 Å². The predicted molar refractivity (Wildman–Crippen MR) is 279 cm³/mol. The molecule has 0 aromatic carbocycles. The van der Waals surface area contributed by atoms with Crippen LogP contribution in [0.5, 0.6) is 0 Å². The number of hydrogen-bond donors (Lipinski definition) is 1. The van der Waals surface area contributed by atoms with Gasteiger partial charge in [-0.15, -0.1) is 0 Å². The quantitative estimate of drug-likeness (QED) is 0.0374. The molecule has 64 heavy (non-hydrogen) atoms. The van der Waals surface area contributed by atoms with E-state index in [0.717, 1.165) is 77.0 Å². The van der Waals surface area contributed by atoms with Gasteiger partial charge < -0.3 is 14.6 Å². The Labute approximate surface area is 398 Å². The molecule has 0 heterocycles. The Hall–Kier alpha value is -2.40. The van der Waals surface area contributed by atoms with Gasteiger partial charge in [-0.3, -0.25) is 9.59 Å². The van der Waals surface area contributed by atoms with E-state index in [1.54, 1.807) is 0 Å². The van der Waals surface area contributed by atoms with Crippen LogP contribution in [0.4, 0.5) is 0 Å². The molecule has 1 N–H and O–H groups in total. The Bertz CT molecular complexity index is 1100. The summed E-state index contributed by atoms with van der Waals surface area (Å²) in [7, 11) is 0. The first kappa shape index (κ1) is 61.6. The van der Waals surface area contributed by atoms with E-state index in [4.69, 9.17) is 9.47 Å². The molecule has 0 fully saturated rings. The van der Waals surface area contributed by atoms with Crippen LogP contribution < -0.4 is 0 Å². The number of unbranched alkanes of at least 4 members (excludes halogenated alkanes) is 33. The van der Waals surface area contributed by atoms with Gasteiger partial charge in [-0.25, -0.2) is 0 Å². The van der Waals surface area contributed by atoms with Gasteiger partial charge in [0.15, 0.2) is 6.10 Å². The van der Waals surface area contributed by atoms with Gasteiger partial charge >= 0.3 is 11.9 Å². The van der Waals surface area contributed by atoms with Gasteiger partial charge in [0.25, 0.3) is 0 Å². The summed E-state index contributed by atoms with van der Waals surface area (Å²) >= 11 is 0. The van der Waals surface area contributed by atoms with Crippen molar-refractivity contribution in [3.63, 3.8) is 0 Å². The standard InChI is InChI=1S/C59H106O5/c1-3-5-7-9-11-13-15-17-19-21-23-25-27-28-29-30-32-33-35-37-39-41-43-45-47-49-51-53-58(61)63-56-57(55-60)64-59(62)54-52-50-48-46-44-42-40-38-36-34-31-26-24-22-20-18-16-14-12-10-8-6-4-2/h6,8,12,14,18,20,24,26,34,36,57,60H,3-5,7,9-11,13,15-17,19,21-23,25,27-33,35,37-56H2,1-2H3/b8-6-,14-12-,20-18-,26-24-,36-34-. The van der Waals surface area contributed by atoms with Crippen molar-refractivity contribution < 1.29 is 24.2 Å². The number of rotatable bonds is 51. The number of esters is 2. The maximum absolute atomic E-state index is 12.3. The SMILES string of the molecule is CC/C=C\C/C=C\C/C=C\C/C=C\C/C=C\CCCCCCCCCC(=O)OC(CO)COC(=O)CCCCCCCCCCCCCCCCCCCCCCCCCCCCC. The molecule has 1 unspecified atom stereocenters. The van der Waals surface area contributed by atoms with Crippen molar-refractivity contribution in [2.75, 3.05) is 13.2 Å².